The molecule has 0 aromatic carbocycles. The van der Waals surface area contributed by atoms with E-state index in [1.54, 1.807) is 6.33 Å². The van der Waals surface area contributed by atoms with Gasteiger partial charge in [0.15, 0.2) is 5.52 Å². The van der Waals surface area contributed by atoms with Gasteiger partial charge in [-0.15, -0.1) is 4.98 Å². The number of hydrogen-bond donors (Lipinski definition) is 0. The van der Waals surface area contributed by atoms with Crippen LogP contribution >= 0.6 is 0 Å². The Morgan fingerprint density at radius 2 is 1.75 bits per heavy atom. The first kappa shape index (κ1) is 10.7. The third-order valence-electron chi connectivity index (χ3n) is 2.61. The highest BCUT2D eigenvalue weighted by molar-refractivity contribution is 5.80. The molecule has 5 nitrogen and oxygen atoms in total. The van der Waals surface area contributed by atoms with E-state index in [1.165, 1.54) is 0 Å². The molecular formula is C11H16N5+. The van der Waals surface area contributed by atoms with E-state index in [1.807, 2.05) is 44.5 Å². The molecule has 2 rings (SSSR count). The average Bonchev–Trinajstić information content (AvgIpc) is 2.21. The quantitative estimate of drug-likeness (QED) is 0.655. The minimum Gasteiger partial charge on any atom is -0.347 e. The molecule has 0 aliphatic carbocycles. The first-order valence-corrected chi connectivity index (χ1v) is 5.17. The van der Waals surface area contributed by atoms with Gasteiger partial charge in [0.1, 0.15) is 5.69 Å². The van der Waals surface area contributed by atoms with Gasteiger partial charge in [-0.3, -0.25) is 0 Å². The molecule has 0 saturated heterocycles. The molecule has 0 aliphatic rings. The lowest BCUT2D eigenvalue weighted by Gasteiger charge is -2.10. The topological polar surface area (TPSA) is 45.8 Å². The van der Waals surface area contributed by atoms with Crippen molar-refractivity contribution in [2.75, 3.05) is 19.0 Å². The van der Waals surface area contributed by atoms with E-state index in [4.69, 9.17) is 0 Å². The molecule has 2 aromatic rings. The van der Waals surface area contributed by atoms with Crippen LogP contribution in [-0.4, -0.2) is 29.0 Å². The SMILES string of the molecule is Cc1nc2c(N(C)C)nc[n+](C)c2nc1C. The van der Waals surface area contributed by atoms with E-state index in [0.717, 1.165) is 28.4 Å². The van der Waals surface area contributed by atoms with Crippen LogP contribution in [0.25, 0.3) is 11.2 Å². The molecule has 0 atom stereocenters. The normalized spacial score (nSPS) is 10.8. The lowest BCUT2D eigenvalue weighted by molar-refractivity contribution is -0.649. The first-order valence-electron chi connectivity index (χ1n) is 5.17. The second-order valence-electron chi connectivity index (χ2n) is 4.14. The third kappa shape index (κ3) is 1.58. The van der Waals surface area contributed by atoms with Crippen LogP contribution in [0.4, 0.5) is 5.82 Å². The molecular weight excluding hydrogens is 202 g/mol. The van der Waals surface area contributed by atoms with E-state index in [2.05, 4.69) is 15.0 Å². The Labute approximate surface area is 94.8 Å². The molecule has 0 bridgehead atoms. The summed E-state index contributed by atoms with van der Waals surface area (Å²) in [6.07, 6.45) is 1.76. The lowest BCUT2D eigenvalue weighted by Crippen LogP contribution is -2.32. The second kappa shape index (κ2) is 3.66. The van der Waals surface area contributed by atoms with Gasteiger partial charge in [0.25, 0.3) is 5.65 Å². The second-order valence-corrected chi connectivity index (χ2v) is 4.14. The molecule has 0 spiro atoms. The standard InChI is InChI=1S/C11H16N5/c1-7-8(2)14-11-9(13-7)10(15(3)4)12-6-16(11)5/h6H,1-5H3/q+1. The van der Waals surface area contributed by atoms with Gasteiger partial charge in [0.2, 0.25) is 12.1 Å². The van der Waals surface area contributed by atoms with Crippen molar-refractivity contribution in [3.63, 3.8) is 0 Å². The zero-order valence-corrected chi connectivity index (χ0v) is 10.3. The van der Waals surface area contributed by atoms with Gasteiger partial charge in [-0.25, -0.2) is 9.55 Å². The van der Waals surface area contributed by atoms with Gasteiger partial charge in [0, 0.05) is 14.1 Å². The Morgan fingerprint density at radius 1 is 1.12 bits per heavy atom. The largest absolute Gasteiger partial charge is 0.347 e. The fraction of sp³-hybridized carbons (Fsp3) is 0.455. The summed E-state index contributed by atoms with van der Waals surface area (Å²) in [7, 11) is 5.84. The monoisotopic (exact) mass is 218 g/mol. The summed E-state index contributed by atoms with van der Waals surface area (Å²) in [6.45, 7) is 3.94. The van der Waals surface area contributed by atoms with E-state index < -0.39 is 0 Å². The van der Waals surface area contributed by atoms with E-state index in [9.17, 15) is 0 Å². The summed E-state index contributed by atoms with van der Waals surface area (Å²) in [5.74, 6) is 0.851. The van der Waals surface area contributed by atoms with E-state index >= 15 is 0 Å². The van der Waals surface area contributed by atoms with Crippen LogP contribution in [0, 0.1) is 13.8 Å². The Bertz CT molecular complexity index is 548. The van der Waals surface area contributed by atoms with Crippen molar-refractivity contribution < 1.29 is 4.57 Å². The van der Waals surface area contributed by atoms with Crippen LogP contribution < -0.4 is 9.47 Å². The Balaban J connectivity index is 2.87. The number of aromatic nitrogens is 4. The smallest absolute Gasteiger partial charge is 0.293 e. The van der Waals surface area contributed by atoms with Crippen LogP contribution in [0.1, 0.15) is 11.4 Å². The predicted octanol–water partition coefficient (Wildman–Crippen LogP) is 0.532. The number of anilines is 1. The molecule has 16 heavy (non-hydrogen) atoms. The zero-order chi connectivity index (χ0) is 11.9. The minimum absolute atomic E-state index is 0.845. The summed E-state index contributed by atoms with van der Waals surface area (Å²) in [6, 6.07) is 0. The highest BCUT2D eigenvalue weighted by Gasteiger charge is 2.17. The maximum absolute atomic E-state index is 4.57. The molecule has 0 amide bonds. The molecule has 2 aromatic heterocycles. The number of aryl methyl sites for hydroxylation is 3. The van der Waals surface area contributed by atoms with Crippen molar-refractivity contribution in [3.05, 3.63) is 17.7 Å². The summed E-state index contributed by atoms with van der Waals surface area (Å²) >= 11 is 0. The summed E-state index contributed by atoms with van der Waals surface area (Å²) in [4.78, 5) is 15.4. The third-order valence-corrected chi connectivity index (χ3v) is 2.61. The van der Waals surface area contributed by atoms with Crippen molar-refractivity contribution >= 4 is 17.0 Å². The van der Waals surface area contributed by atoms with Crippen molar-refractivity contribution in [2.45, 2.75) is 13.8 Å². The van der Waals surface area contributed by atoms with Crippen molar-refractivity contribution in [1.82, 2.24) is 15.0 Å². The molecule has 84 valence electrons. The number of hydrogen-bond acceptors (Lipinski definition) is 4. The van der Waals surface area contributed by atoms with Crippen molar-refractivity contribution in [3.8, 4) is 0 Å². The summed E-state index contributed by atoms with van der Waals surface area (Å²) in [5, 5.41) is 0. The Hall–Kier alpha value is -1.78. The lowest BCUT2D eigenvalue weighted by atomic mass is 10.3. The van der Waals surface area contributed by atoms with Crippen LogP contribution in [0.2, 0.25) is 0 Å². The number of fused-ring (bicyclic) bond motifs is 1. The van der Waals surface area contributed by atoms with Crippen LogP contribution in [0.3, 0.4) is 0 Å². The molecule has 0 saturated carbocycles. The van der Waals surface area contributed by atoms with Crippen LogP contribution in [0.5, 0.6) is 0 Å². The summed E-state index contributed by atoms with van der Waals surface area (Å²) in [5.41, 5.74) is 3.61. The van der Waals surface area contributed by atoms with Crippen LogP contribution in [-0.2, 0) is 7.05 Å². The fourth-order valence-corrected chi connectivity index (χ4v) is 1.57. The molecule has 0 fully saturated rings. The molecule has 0 N–H and O–H groups in total. The van der Waals surface area contributed by atoms with Gasteiger partial charge in [-0.05, 0) is 13.8 Å². The zero-order valence-electron chi connectivity index (χ0n) is 10.3. The maximum atomic E-state index is 4.57. The van der Waals surface area contributed by atoms with Gasteiger partial charge in [0.05, 0.1) is 12.7 Å². The predicted molar refractivity (Wildman–Crippen MR) is 62.3 cm³/mol. The molecule has 0 radical (unpaired) electrons. The molecule has 5 heteroatoms. The summed E-state index contributed by atoms with van der Waals surface area (Å²) < 4.78 is 1.89. The first-order chi connectivity index (χ1) is 7.50. The van der Waals surface area contributed by atoms with Gasteiger partial charge < -0.3 is 4.90 Å². The molecule has 2 heterocycles. The number of nitrogens with zero attached hydrogens (tertiary/aromatic N) is 5. The van der Waals surface area contributed by atoms with Gasteiger partial charge in [-0.2, -0.15) is 0 Å². The van der Waals surface area contributed by atoms with Gasteiger partial charge >= 0.3 is 0 Å². The van der Waals surface area contributed by atoms with E-state index in [-0.39, 0.29) is 0 Å². The molecule has 0 unspecified atom stereocenters. The van der Waals surface area contributed by atoms with Crippen LogP contribution in [0.15, 0.2) is 6.33 Å². The Kier molecular flexibility index (Phi) is 2.46. The van der Waals surface area contributed by atoms with Crippen molar-refractivity contribution in [1.29, 1.82) is 0 Å². The maximum Gasteiger partial charge on any atom is 0.293 e. The van der Waals surface area contributed by atoms with E-state index in [0.29, 0.717) is 0 Å². The van der Waals surface area contributed by atoms with Crippen molar-refractivity contribution in [2.24, 2.45) is 7.05 Å². The number of rotatable bonds is 1. The minimum atomic E-state index is 0.845. The Morgan fingerprint density at radius 3 is 2.38 bits per heavy atom. The fourth-order valence-electron chi connectivity index (χ4n) is 1.57. The highest BCUT2D eigenvalue weighted by Crippen LogP contribution is 2.17. The van der Waals surface area contributed by atoms with Gasteiger partial charge in [-0.1, -0.05) is 4.98 Å². The average molecular weight is 218 g/mol. The molecule has 0 aliphatic heterocycles. The highest BCUT2D eigenvalue weighted by atomic mass is 15.2.